The molecule has 154 valence electrons. The van der Waals surface area contributed by atoms with E-state index in [1.54, 1.807) is 19.2 Å². The van der Waals surface area contributed by atoms with Crippen LogP contribution in [0.4, 0.5) is 5.69 Å². The molecule has 0 saturated heterocycles. The molecule has 0 aromatic heterocycles. The first-order valence-electron chi connectivity index (χ1n) is 10.3. The molecule has 0 bridgehead atoms. The SMILES string of the molecule is COc1ccccc1NC(=O)C1=C(C)N=C2CCCC(=O)C2[C@@H]1c1ccccc1C. The van der Waals surface area contributed by atoms with Crippen molar-refractivity contribution in [2.45, 2.75) is 39.0 Å². The summed E-state index contributed by atoms with van der Waals surface area (Å²) in [6.45, 7) is 3.89. The van der Waals surface area contributed by atoms with Gasteiger partial charge < -0.3 is 10.1 Å². The van der Waals surface area contributed by atoms with Crippen molar-refractivity contribution in [3.8, 4) is 5.75 Å². The summed E-state index contributed by atoms with van der Waals surface area (Å²) < 4.78 is 5.38. The summed E-state index contributed by atoms with van der Waals surface area (Å²) in [5.74, 6) is -0.191. The van der Waals surface area contributed by atoms with Gasteiger partial charge in [-0.05, 0) is 49.9 Å². The van der Waals surface area contributed by atoms with E-state index >= 15 is 0 Å². The second-order valence-corrected chi connectivity index (χ2v) is 7.89. The number of Topliss-reactive ketones (excluding diaryl/α,β-unsaturated/α-hetero) is 1. The molecule has 4 rings (SSSR count). The minimum absolute atomic E-state index is 0.170. The van der Waals surface area contributed by atoms with Crippen molar-refractivity contribution in [1.29, 1.82) is 0 Å². The molecule has 1 amide bonds. The number of ether oxygens (including phenoxy) is 1. The maximum Gasteiger partial charge on any atom is 0.254 e. The van der Waals surface area contributed by atoms with Gasteiger partial charge in [0.25, 0.3) is 5.91 Å². The zero-order valence-electron chi connectivity index (χ0n) is 17.6. The number of nitrogens with one attached hydrogen (secondary N) is 1. The summed E-state index contributed by atoms with van der Waals surface area (Å²) in [5, 5.41) is 2.99. The van der Waals surface area contributed by atoms with Crippen LogP contribution < -0.4 is 10.1 Å². The molecule has 1 saturated carbocycles. The molecule has 2 atom stereocenters. The van der Waals surface area contributed by atoms with Crippen LogP contribution in [-0.2, 0) is 9.59 Å². The molecule has 1 aliphatic heterocycles. The van der Waals surface area contributed by atoms with Gasteiger partial charge in [0.15, 0.2) is 0 Å². The van der Waals surface area contributed by atoms with Crippen LogP contribution in [0.1, 0.15) is 43.2 Å². The Kier molecular flexibility index (Phi) is 5.53. The number of carbonyl (C=O) groups is 2. The molecule has 1 N–H and O–H groups in total. The van der Waals surface area contributed by atoms with Gasteiger partial charge >= 0.3 is 0 Å². The summed E-state index contributed by atoms with van der Waals surface area (Å²) in [5.41, 5.74) is 4.81. The highest BCUT2D eigenvalue weighted by atomic mass is 16.5. The minimum Gasteiger partial charge on any atom is -0.495 e. The summed E-state index contributed by atoms with van der Waals surface area (Å²) in [6.07, 6.45) is 2.16. The Balaban J connectivity index is 1.82. The third-order valence-electron chi connectivity index (χ3n) is 6.03. The van der Waals surface area contributed by atoms with E-state index in [-0.39, 0.29) is 23.5 Å². The number of methoxy groups -OCH3 is 1. The van der Waals surface area contributed by atoms with Gasteiger partial charge in [-0.2, -0.15) is 0 Å². The summed E-state index contributed by atoms with van der Waals surface area (Å²) >= 11 is 0. The maximum absolute atomic E-state index is 13.5. The first-order chi connectivity index (χ1) is 14.5. The van der Waals surface area contributed by atoms with Crippen molar-refractivity contribution in [2.75, 3.05) is 12.4 Å². The fourth-order valence-electron chi connectivity index (χ4n) is 4.63. The van der Waals surface area contributed by atoms with E-state index < -0.39 is 0 Å². The lowest BCUT2D eigenvalue weighted by atomic mass is 9.68. The van der Waals surface area contributed by atoms with Crippen LogP contribution in [-0.4, -0.2) is 24.5 Å². The largest absolute Gasteiger partial charge is 0.495 e. The van der Waals surface area contributed by atoms with Crippen LogP contribution in [0.15, 0.2) is 64.8 Å². The van der Waals surface area contributed by atoms with Gasteiger partial charge in [-0.25, -0.2) is 0 Å². The number of para-hydroxylation sites is 2. The molecule has 5 nitrogen and oxygen atoms in total. The lowest BCUT2D eigenvalue weighted by Gasteiger charge is -2.36. The van der Waals surface area contributed by atoms with E-state index in [1.807, 2.05) is 50.2 Å². The van der Waals surface area contributed by atoms with Crippen LogP contribution in [0.2, 0.25) is 0 Å². The fraction of sp³-hybridized carbons (Fsp3) is 0.320. The van der Waals surface area contributed by atoms with E-state index in [4.69, 9.17) is 9.73 Å². The van der Waals surface area contributed by atoms with E-state index in [0.29, 0.717) is 29.1 Å². The standard InChI is InChI=1S/C25H26N2O3/c1-15-9-4-5-10-17(15)23-22(16(2)26-19-12-8-13-20(28)24(19)23)25(29)27-18-11-6-7-14-21(18)30-3/h4-7,9-11,14,23-24H,8,12-13H2,1-3H3,(H,27,29)/t23-,24?/m1/s1. The number of aryl methyl sites for hydroxylation is 1. The number of nitrogens with zero attached hydrogens (tertiary/aromatic N) is 1. The Labute approximate surface area is 176 Å². The number of ketones is 1. The Morgan fingerprint density at radius 1 is 1.03 bits per heavy atom. The number of amides is 1. The van der Waals surface area contributed by atoms with Gasteiger partial charge in [-0.3, -0.25) is 14.6 Å². The number of carbonyl (C=O) groups excluding carboxylic acids is 2. The lowest BCUT2D eigenvalue weighted by molar-refractivity contribution is -0.122. The number of benzene rings is 2. The van der Waals surface area contributed by atoms with E-state index in [2.05, 4.69) is 5.32 Å². The van der Waals surface area contributed by atoms with Crippen LogP contribution >= 0.6 is 0 Å². The minimum atomic E-state index is -0.373. The molecular weight excluding hydrogens is 376 g/mol. The van der Waals surface area contributed by atoms with E-state index in [0.717, 1.165) is 29.7 Å². The summed E-state index contributed by atoms with van der Waals surface area (Å²) in [6, 6.07) is 15.3. The Hall–Kier alpha value is -3.21. The van der Waals surface area contributed by atoms with Gasteiger partial charge in [0.1, 0.15) is 11.5 Å². The quantitative estimate of drug-likeness (QED) is 0.797. The van der Waals surface area contributed by atoms with Crippen molar-refractivity contribution < 1.29 is 14.3 Å². The molecule has 30 heavy (non-hydrogen) atoms. The highest BCUT2D eigenvalue weighted by molar-refractivity contribution is 6.14. The average Bonchev–Trinajstić information content (AvgIpc) is 2.73. The zero-order chi connectivity index (χ0) is 21.3. The van der Waals surface area contributed by atoms with Crippen LogP contribution in [0, 0.1) is 12.8 Å². The molecule has 1 fully saturated rings. The Morgan fingerprint density at radius 2 is 1.77 bits per heavy atom. The first kappa shape index (κ1) is 20.1. The van der Waals surface area contributed by atoms with Crippen molar-refractivity contribution in [1.82, 2.24) is 0 Å². The zero-order valence-corrected chi connectivity index (χ0v) is 17.6. The van der Waals surface area contributed by atoms with Crippen LogP contribution in [0.5, 0.6) is 5.75 Å². The number of hydrogen-bond acceptors (Lipinski definition) is 4. The van der Waals surface area contributed by atoms with Crippen molar-refractivity contribution in [3.05, 3.63) is 70.9 Å². The van der Waals surface area contributed by atoms with E-state index in [9.17, 15) is 9.59 Å². The smallest absolute Gasteiger partial charge is 0.254 e. The molecular formula is C25H26N2O3. The second-order valence-electron chi connectivity index (χ2n) is 7.89. The topological polar surface area (TPSA) is 67.8 Å². The molecule has 1 heterocycles. The maximum atomic E-state index is 13.5. The number of fused-ring (bicyclic) bond motifs is 1. The van der Waals surface area contributed by atoms with Crippen molar-refractivity contribution in [3.63, 3.8) is 0 Å². The molecule has 2 aromatic carbocycles. The summed E-state index contributed by atoms with van der Waals surface area (Å²) in [7, 11) is 1.57. The summed E-state index contributed by atoms with van der Waals surface area (Å²) in [4.78, 5) is 31.2. The molecule has 5 heteroatoms. The highest BCUT2D eigenvalue weighted by Gasteiger charge is 2.43. The van der Waals surface area contributed by atoms with Crippen molar-refractivity contribution in [2.24, 2.45) is 10.9 Å². The molecule has 0 radical (unpaired) electrons. The number of rotatable bonds is 4. The number of hydrogen-bond donors (Lipinski definition) is 1. The second kappa shape index (κ2) is 8.27. The van der Waals surface area contributed by atoms with Crippen LogP contribution in [0.3, 0.4) is 0 Å². The Morgan fingerprint density at radius 3 is 2.53 bits per heavy atom. The predicted octanol–water partition coefficient (Wildman–Crippen LogP) is 4.82. The van der Waals surface area contributed by atoms with Gasteiger partial charge in [0.05, 0.1) is 18.7 Å². The van der Waals surface area contributed by atoms with Gasteiger partial charge in [-0.1, -0.05) is 36.4 Å². The van der Waals surface area contributed by atoms with Gasteiger partial charge in [0, 0.05) is 29.3 Å². The number of aliphatic imine (C=N–C) groups is 1. The molecule has 2 aliphatic rings. The normalized spacial score (nSPS) is 21.0. The lowest BCUT2D eigenvalue weighted by Crippen LogP contribution is -2.40. The highest BCUT2D eigenvalue weighted by Crippen LogP contribution is 2.44. The number of allylic oxidation sites excluding steroid dienone is 1. The third kappa shape index (κ3) is 3.56. The monoisotopic (exact) mass is 402 g/mol. The molecule has 2 aromatic rings. The number of anilines is 1. The van der Waals surface area contributed by atoms with Crippen LogP contribution in [0.25, 0.3) is 0 Å². The van der Waals surface area contributed by atoms with Gasteiger partial charge in [0.2, 0.25) is 0 Å². The molecule has 0 spiro atoms. The fourth-order valence-corrected chi connectivity index (χ4v) is 4.63. The first-order valence-corrected chi connectivity index (χ1v) is 10.3. The van der Waals surface area contributed by atoms with Gasteiger partial charge in [-0.15, -0.1) is 0 Å². The average molecular weight is 402 g/mol. The van der Waals surface area contributed by atoms with Crippen molar-refractivity contribution >= 4 is 23.1 Å². The molecule has 1 aliphatic carbocycles. The molecule has 1 unspecified atom stereocenters. The predicted molar refractivity (Wildman–Crippen MR) is 118 cm³/mol. The third-order valence-corrected chi connectivity index (χ3v) is 6.03. The van der Waals surface area contributed by atoms with E-state index in [1.165, 1.54) is 0 Å². The Bertz CT molecular complexity index is 1070.